The summed E-state index contributed by atoms with van der Waals surface area (Å²) in [6, 6.07) is 1.95. The molecule has 0 radical (unpaired) electrons. The minimum Gasteiger partial charge on any atom is -0.326 e. The van der Waals surface area contributed by atoms with E-state index in [0.29, 0.717) is 5.56 Å². The zero-order valence-electron chi connectivity index (χ0n) is 7.13. The summed E-state index contributed by atoms with van der Waals surface area (Å²) in [6.45, 7) is 0.240. The van der Waals surface area contributed by atoms with Crippen molar-refractivity contribution < 1.29 is 0 Å². The van der Waals surface area contributed by atoms with Crippen LogP contribution in [0.1, 0.15) is 5.56 Å². The fourth-order valence-electron chi connectivity index (χ4n) is 1.23. The Balaban J connectivity index is 2.56. The number of halogens is 1. The van der Waals surface area contributed by atoms with E-state index in [1.165, 1.54) is 0 Å². The summed E-state index contributed by atoms with van der Waals surface area (Å²) in [5, 5.41) is 7.31. The lowest BCUT2D eigenvalue weighted by Crippen LogP contribution is -2.10. The molecule has 2 aromatic rings. The van der Waals surface area contributed by atoms with Gasteiger partial charge >= 0.3 is 0 Å². The van der Waals surface area contributed by atoms with Crippen molar-refractivity contribution in [2.75, 3.05) is 0 Å². The Hall–Kier alpha value is -0.850. The molecule has 74 valence electrons. The van der Waals surface area contributed by atoms with Gasteiger partial charge < -0.3 is 5.73 Å². The molecular formula is C8H8BrN3OS. The maximum Gasteiger partial charge on any atom is 0.269 e. The van der Waals surface area contributed by atoms with Crippen molar-refractivity contribution in [3.63, 3.8) is 0 Å². The average Bonchev–Trinajstić information content (AvgIpc) is 2.71. The van der Waals surface area contributed by atoms with E-state index >= 15 is 0 Å². The Morgan fingerprint density at radius 1 is 1.50 bits per heavy atom. The van der Waals surface area contributed by atoms with Gasteiger partial charge in [0.05, 0.1) is 16.1 Å². The van der Waals surface area contributed by atoms with Crippen molar-refractivity contribution in [2.24, 2.45) is 5.73 Å². The highest BCUT2D eigenvalue weighted by atomic mass is 79.9. The molecule has 0 aromatic carbocycles. The first kappa shape index (κ1) is 9.70. The lowest BCUT2D eigenvalue weighted by molar-refractivity contribution is 1.04. The van der Waals surface area contributed by atoms with Crippen molar-refractivity contribution in [3.05, 3.63) is 31.8 Å². The van der Waals surface area contributed by atoms with Crippen molar-refractivity contribution in [3.8, 4) is 10.6 Å². The molecular weight excluding hydrogens is 266 g/mol. The molecule has 6 heteroatoms. The van der Waals surface area contributed by atoms with E-state index in [-0.39, 0.29) is 12.1 Å². The minimum absolute atomic E-state index is 0.146. The van der Waals surface area contributed by atoms with Crippen LogP contribution < -0.4 is 11.3 Å². The highest BCUT2D eigenvalue weighted by Crippen LogP contribution is 2.29. The fraction of sp³-hybridized carbons (Fsp3) is 0.125. The molecule has 0 aliphatic carbocycles. The first-order chi connectivity index (χ1) is 6.72. The molecule has 2 aromatic heterocycles. The molecule has 0 atom stereocenters. The molecule has 2 heterocycles. The molecule has 0 fully saturated rings. The molecule has 0 amide bonds. The summed E-state index contributed by atoms with van der Waals surface area (Å²) in [6.07, 6.45) is 0. The normalized spacial score (nSPS) is 10.7. The first-order valence-corrected chi connectivity index (χ1v) is 5.63. The third kappa shape index (κ3) is 1.56. The van der Waals surface area contributed by atoms with Crippen molar-refractivity contribution in [1.82, 2.24) is 10.2 Å². The molecule has 14 heavy (non-hydrogen) atoms. The van der Waals surface area contributed by atoms with Crippen LogP contribution in [0.25, 0.3) is 10.6 Å². The standard InChI is InChI=1S/C8H8BrN3OS/c9-4-1-6(14-3-4)7-5(2-10)8(13)12-11-7/h1,3H,2,10H2,(H2,11,12,13). The molecule has 0 aliphatic rings. The molecule has 4 nitrogen and oxygen atoms in total. The summed E-state index contributed by atoms with van der Waals surface area (Å²) >= 11 is 4.91. The number of aromatic amines is 2. The number of nitrogens with one attached hydrogen (secondary N) is 2. The van der Waals surface area contributed by atoms with Gasteiger partial charge in [0.2, 0.25) is 0 Å². The highest BCUT2D eigenvalue weighted by molar-refractivity contribution is 9.10. The summed E-state index contributed by atoms with van der Waals surface area (Å²) in [7, 11) is 0. The van der Waals surface area contributed by atoms with Crippen LogP contribution in [-0.2, 0) is 6.54 Å². The van der Waals surface area contributed by atoms with Gasteiger partial charge in [0.15, 0.2) is 0 Å². The topological polar surface area (TPSA) is 74.7 Å². The highest BCUT2D eigenvalue weighted by Gasteiger charge is 2.11. The van der Waals surface area contributed by atoms with Crippen LogP contribution in [-0.4, -0.2) is 10.2 Å². The second-order valence-corrected chi connectivity index (χ2v) is 4.59. The Bertz CT molecular complexity index is 499. The number of H-pyrrole nitrogens is 2. The van der Waals surface area contributed by atoms with Gasteiger partial charge in [-0.25, -0.2) is 0 Å². The van der Waals surface area contributed by atoms with Crippen LogP contribution in [0.5, 0.6) is 0 Å². The molecule has 0 spiro atoms. The van der Waals surface area contributed by atoms with Gasteiger partial charge in [-0.2, -0.15) is 0 Å². The van der Waals surface area contributed by atoms with Gasteiger partial charge in [-0.15, -0.1) is 11.3 Å². The Morgan fingerprint density at radius 3 is 2.86 bits per heavy atom. The molecule has 0 bridgehead atoms. The second kappa shape index (κ2) is 3.72. The van der Waals surface area contributed by atoms with Gasteiger partial charge in [-0.05, 0) is 22.0 Å². The minimum atomic E-state index is -0.146. The molecule has 0 saturated heterocycles. The quantitative estimate of drug-likeness (QED) is 0.779. The van der Waals surface area contributed by atoms with E-state index in [1.807, 2.05) is 11.4 Å². The predicted octanol–water partition coefficient (Wildman–Crippen LogP) is 1.65. The smallest absolute Gasteiger partial charge is 0.269 e. The van der Waals surface area contributed by atoms with Gasteiger partial charge in [-0.3, -0.25) is 15.0 Å². The van der Waals surface area contributed by atoms with Gasteiger partial charge in [-0.1, -0.05) is 0 Å². The first-order valence-electron chi connectivity index (χ1n) is 3.96. The van der Waals surface area contributed by atoms with Crippen LogP contribution in [0, 0.1) is 0 Å². The number of nitrogens with two attached hydrogens (primary N) is 1. The summed E-state index contributed by atoms with van der Waals surface area (Å²) in [4.78, 5) is 12.3. The zero-order chi connectivity index (χ0) is 10.1. The van der Waals surface area contributed by atoms with E-state index in [1.54, 1.807) is 11.3 Å². The molecule has 0 saturated carbocycles. The van der Waals surface area contributed by atoms with Crippen LogP contribution in [0.2, 0.25) is 0 Å². The second-order valence-electron chi connectivity index (χ2n) is 2.77. The third-order valence-electron chi connectivity index (χ3n) is 1.89. The molecule has 4 N–H and O–H groups in total. The van der Waals surface area contributed by atoms with Gasteiger partial charge in [0, 0.05) is 16.4 Å². The summed E-state index contributed by atoms with van der Waals surface area (Å²) < 4.78 is 1.00. The van der Waals surface area contributed by atoms with Crippen molar-refractivity contribution >= 4 is 27.3 Å². The zero-order valence-corrected chi connectivity index (χ0v) is 9.54. The number of thiophene rings is 1. The lowest BCUT2D eigenvalue weighted by Gasteiger charge is -1.94. The number of hydrogen-bond acceptors (Lipinski definition) is 3. The molecule has 2 rings (SSSR count). The third-order valence-corrected chi connectivity index (χ3v) is 3.60. The van der Waals surface area contributed by atoms with Gasteiger partial charge in [0.25, 0.3) is 5.56 Å². The maximum absolute atomic E-state index is 11.3. The Kier molecular flexibility index (Phi) is 2.58. The van der Waals surface area contributed by atoms with E-state index in [9.17, 15) is 4.79 Å². The van der Waals surface area contributed by atoms with Crippen molar-refractivity contribution in [1.29, 1.82) is 0 Å². The lowest BCUT2D eigenvalue weighted by atomic mass is 10.2. The molecule has 0 aliphatic heterocycles. The predicted molar refractivity (Wildman–Crippen MR) is 60.3 cm³/mol. The van der Waals surface area contributed by atoms with Crippen LogP contribution in [0.15, 0.2) is 20.7 Å². The Morgan fingerprint density at radius 2 is 2.29 bits per heavy atom. The number of rotatable bonds is 2. The summed E-state index contributed by atoms with van der Waals surface area (Å²) in [5.41, 5.74) is 6.73. The fourth-order valence-corrected chi connectivity index (χ4v) is 2.69. The van der Waals surface area contributed by atoms with E-state index in [2.05, 4.69) is 26.1 Å². The van der Waals surface area contributed by atoms with Gasteiger partial charge in [0.1, 0.15) is 0 Å². The van der Waals surface area contributed by atoms with Crippen LogP contribution >= 0.6 is 27.3 Å². The molecule has 0 unspecified atom stereocenters. The average molecular weight is 274 g/mol. The number of hydrogen-bond donors (Lipinski definition) is 3. The maximum atomic E-state index is 11.3. The van der Waals surface area contributed by atoms with Crippen LogP contribution in [0.3, 0.4) is 0 Å². The monoisotopic (exact) mass is 273 g/mol. The summed E-state index contributed by atoms with van der Waals surface area (Å²) in [5.74, 6) is 0. The largest absolute Gasteiger partial charge is 0.326 e. The Labute approximate surface area is 92.3 Å². The van der Waals surface area contributed by atoms with E-state index in [0.717, 1.165) is 15.0 Å². The van der Waals surface area contributed by atoms with E-state index < -0.39 is 0 Å². The van der Waals surface area contributed by atoms with Crippen LogP contribution in [0.4, 0.5) is 0 Å². The number of aromatic nitrogens is 2. The van der Waals surface area contributed by atoms with Crippen molar-refractivity contribution in [2.45, 2.75) is 6.54 Å². The van der Waals surface area contributed by atoms with E-state index in [4.69, 9.17) is 5.73 Å². The SMILES string of the molecule is NCc1c(-c2cc(Br)cs2)[nH][nH]c1=O.